The number of amidine groups is 1. The molecule has 222 valence electrons. The molecule has 0 saturated carbocycles. The third-order valence-corrected chi connectivity index (χ3v) is 6.85. The van der Waals surface area contributed by atoms with Crippen molar-refractivity contribution in [3.63, 3.8) is 0 Å². The van der Waals surface area contributed by atoms with Crippen LogP contribution in [0.25, 0.3) is 0 Å². The average Bonchev–Trinajstić information content (AvgIpc) is 2.87. The van der Waals surface area contributed by atoms with Crippen LogP contribution in [-0.4, -0.2) is 54.4 Å². The number of halogens is 4. The summed E-state index contributed by atoms with van der Waals surface area (Å²) in [7, 11) is 0. The minimum atomic E-state index is -4.77. The van der Waals surface area contributed by atoms with Crippen molar-refractivity contribution in [3.05, 3.63) is 81.5 Å². The molecule has 0 bridgehead atoms. The maximum atomic E-state index is 14.2. The Morgan fingerprint density at radius 2 is 1.76 bits per heavy atom. The van der Waals surface area contributed by atoms with Gasteiger partial charge in [-0.1, -0.05) is 68.8 Å². The van der Waals surface area contributed by atoms with Crippen LogP contribution in [0.3, 0.4) is 0 Å². The van der Waals surface area contributed by atoms with E-state index in [2.05, 4.69) is 31.1 Å². The van der Waals surface area contributed by atoms with Crippen LogP contribution in [0.4, 0.5) is 13.2 Å². The van der Waals surface area contributed by atoms with Gasteiger partial charge >= 0.3 is 12.1 Å². The molecule has 1 aliphatic rings. The smallest absolute Gasteiger partial charge is 0.449 e. The zero-order chi connectivity index (χ0) is 30.5. The molecule has 6 nitrogen and oxygen atoms in total. The first-order valence-electron chi connectivity index (χ1n) is 13.5. The van der Waals surface area contributed by atoms with E-state index in [-0.39, 0.29) is 48.5 Å². The number of aliphatic imine (C=N–C) groups is 1. The van der Waals surface area contributed by atoms with E-state index in [1.54, 1.807) is 44.2 Å². The van der Waals surface area contributed by atoms with Gasteiger partial charge in [0.15, 0.2) is 5.78 Å². The second kappa shape index (κ2) is 13.2. The topological polar surface area (TPSA) is 71.0 Å². The number of hydrogen-bond donors (Lipinski definition) is 1. The Bertz CT molecular complexity index is 1310. The molecule has 3 rings (SSSR count). The van der Waals surface area contributed by atoms with Crippen molar-refractivity contribution in [1.82, 2.24) is 10.2 Å². The molecule has 0 fully saturated rings. The maximum absolute atomic E-state index is 14.2. The summed E-state index contributed by atoms with van der Waals surface area (Å²) in [6.07, 6.45) is -5.00. The Labute approximate surface area is 244 Å². The third kappa shape index (κ3) is 8.42. The first-order valence-corrected chi connectivity index (χ1v) is 13.9. The number of Topliss-reactive ketones (excluding diaryl/α,β-unsaturated/α-hetero) is 1. The van der Waals surface area contributed by atoms with Gasteiger partial charge in [0.25, 0.3) is 0 Å². The van der Waals surface area contributed by atoms with Gasteiger partial charge in [-0.25, -0.2) is 9.79 Å². The highest BCUT2D eigenvalue weighted by molar-refractivity contribution is 6.30. The predicted octanol–water partition coefficient (Wildman–Crippen LogP) is 7.04. The number of ketones is 1. The number of nitrogens with zero attached hydrogens (tertiary/aromatic N) is 2. The number of hydrogen-bond acceptors (Lipinski definition) is 6. The standard InChI is InChI=1S/C31H37ClF3N3O3/c1-19(2)41-28(40)26-20(3)37-29(31(33,34)35)38(27(26)22-9-7-10-24(32)17-22)16-8-15-36-18-25(39)21-11-13-23(14-12-21)30(4,5)6/h7,9-14,17,19,27,36H,8,15-16,18H2,1-6H3. The summed E-state index contributed by atoms with van der Waals surface area (Å²) in [6, 6.07) is 12.7. The lowest BCUT2D eigenvalue weighted by Crippen LogP contribution is -2.48. The number of nitrogens with one attached hydrogen (secondary N) is 1. The zero-order valence-electron chi connectivity index (χ0n) is 24.2. The fraction of sp³-hybridized carbons (Fsp3) is 0.452. The largest absolute Gasteiger partial charge is 0.459 e. The van der Waals surface area contributed by atoms with Crippen molar-refractivity contribution in [2.24, 2.45) is 4.99 Å². The van der Waals surface area contributed by atoms with Crippen LogP contribution in [0.1, 0.15) is 75.5 Å². The van der Waals surface area contributed by atoms with Crippen LogP contribution in [-0.2, 0) is 14.9 Å². The average molecular weight is 592 g/mol. The molecule has 0 radical (unpaired) electrons. The molecule has 1 unspecified atom stereocenters. The van der Waals surface area contributed by atoms with Gasteiger partial charge in [-0.2, -0.15) is 13.2 Å². The second-order valence-corrected chi connectivity index (χ2v) is 11.8. The summed E-state index contributed by atoms with van der Waals surface area (Å²) < 4.78 is 48.1. The Morgan fingerprint density at radius 3 is 2.32 bits per heavy atom. The number of benzene rings is 2. The van der Waals surface area contributed by atoms with Crippen LogP contribution < -0.4 is 5.32 Å². The number of allylic oxidation sites excluding steroid dienone is 1. The predicted molar refractivity (Wildman–Crippen MR) is 155 cm³/mol. The monoisotopic (exact) mass is 591 g/mol. The molecule has 1 heterocycles. The molecule has 0 aromatic heterocycles. The van der Waals surface area contributed by atoms with Crippen molar-refractivity contribution in [1.29, 1.82) is 0 Å². The van der Waals surface area contributed by atoms with E-state index in [4.69, 9.17) is 16.3 Å². The highest BCUT2D eigenvalue weighted by atomic mass is 35.5. The highest BCUT2D eigenvalue weighted by Gasteiger charge is 2.47. The van der Waals surface area contributed by atoms with Gasteiger partial charge < -0.3 is 15.0 Å². The first kappa shape index (κ1) is 32.3. The molecule has 1 N–H and O–H groups in total. The van der Waals surface area contributed by atoms with Gasteiger partial charge in [0.1, 0.15) is 0 Å². The fourth-order valence-electron chi connectivity index (χ4n) is 4.62. The van der Waals surface area contributed by atoms with E-state index in [0.29, 0.717) is 16.1 Å². The van der Waals surface area contributed by atoms with E-state index in [1.807, 2.05) is 12.1 Å². The van der Waals surface area contributed by atoms with Crippen molar-refractivity contribution >= 4 is 29.2 Å². The van der Waals surface area contributed by atoms with Gasteiger partial charge in [0.05, 0.1) is 30.0 Å². The summed E-state index contributed by atoms with van der Waals surface area (Å²) in [6.45, 7) is 11.2. The number of rotatable bonds is 10. The molecule has 1 atom stereocenters. The van der Waals surface area contributed by atoms with Gasteiger partial charge in [-0.3, -0.25) is 4.79 Å². The van der Waals surface area contributed by atoms with Gasteiger partial charge in [0, 0.05) is 17.1 Å². The molecule has 1 aliphatic heterocycles. The van der Waals surface area contributed by atoms with Gasteiger partial charge in [0.2, 0.25) is 5.84 Å². The molecule has 10 heteroatoms. The quantitative estimate of drug-likeness (QED) is 0.182. The van der Waals surface area contributed by atoms with Crippen LogP contribution in [0, 0.1) is 0 Å². The summed E-state index contributed by atoms with van der Waals surface area (Å²) >= 11 is 6.20. The molecule has 41 heavy (non-hydrogen) atoms. The SMILES string of the molecule is CC1=C(C(=O)OC(C)C)C(c2cccc(Cl)c2)N(CCCNCC(=O)c2ccc(C(C)(C)C)cc2)C(C(F)(F)F)=N1. The Morgan fingerprint density at radius 1 is 1.10 bits per heavy atom. The number of carbonyl (C=O) groups is 2. The van der Waals surface area contributed by atoms with Crippen molar-refractivity contribution in [2.75, 3.05) is 19.6 Å². The molecular formula is C31H37ClF3N3O3. The van der Waals surface area contributed by atoms with E-state index in [0.717, 1.165) is 10.5 Å². The normalized spacial score (nSPS) is 16.2. The maximum Gasteiger partial charge on any atom is 0.449 e. The lowest BCUT2D eigenvalue weighted by molar-refractivity contribution is -0.143. The van der Waals surface area contributed by atoms with Gasteiger partial charge in [-0.05, 0) is 62.4 Å². The number of esters is 1. The Hall–Kier alpha value is -3.17. The van der Waals surface area contributed by atoms with Crippen molar-refractivity contribution in [2.45, 2.75) is 71.7 Å². The molecule has 0 spiro atoms. The first-order chi connectivity index (χ1) is 19.1. The number of carbonyl (C=O) groups excluding carboxylic acids is 2. The molecule has 2 aromatic rings. The minimum Gasteiger partial charge on any atom is -0.459 e. The van der Waals surface area contributed by atoms with Crippen molar-refractivity contribution < 1.29 is 27.5 Å². The summed E-state index contributed by atoms with van der Waals surface area (Å²) in [4.78, 5) is 30.7. The van der Waals surface area contributed by atoms with E-state index < -0.39 is 30.1 Å². The second-order valence-electron chi connectivity index (χ2n) is 11.3. The lowest BCUT2D eigenvalue weighted by Gasteiger charge is -2.39. The van der Waals surface area contributed by atoms with E-state index >= 15 is 0 Å². The highest BCUT2D eigenvalue weighted by Crippen LogP contribution is 2.40. The molecule has 0 aliphatic carbocycles. The summed E-state index contributed by atoms with van der Waals surface area (Å²) in [5.41, 5.74) is 2.01. The van der Waals surface area contributed by atoms with Crippen LogP contribution in [0.2, 0.25) is 5.02 Å². The molecular weight excluding hydrogens is 555 g/mol. The number of ether oxygens (including phenoxy) is 1. The molecule has 2 aromatic carbocycles. The zero-order valence-corrected chi connectivity index (χ0v) is 25.0. The summed E-state index contributed by atoms with van der Waals surface area (Å²) in [5.74, 6) is -1.95. The van der Waals surface area contributed by atoms with Gasteiger partial charge in [-0.15, -0.1) is 0 Å². The molecule has 0 saturated heterocycles. The molecule has 0 amide bonds. The van der Waals surface area contributed by atoms with E-state index in [9.17, 15) is 22.8 Å². The Balaban J connectivity index is 1.79. The van der Waals surface area contributed by atoms with Crippen LogP contribution >= 0.6 is 11.6 Å². The van der Waals surface area contributed by atoms with Crippen molar-refractivity contribution in [3.8, 4) is 0 Å². The van der Waals surface area contributed by atoms with E-state index in [1.165, 1.54) is 13.0 Å². The lowest BCUT2D eigenvalue weighted by atomic mass is 9.86. The summed E-state index contributed by atoms with van der Waals surface area (Å²) in [5, 5.41) is 3.35. The fourth-order valence-corrected chi connectivity index (χ4v) is 4.81. The van der Waals surface area contributed by atoms with Crippen LogP contribution in [0.15, 0.2) is 64.8 Å². The Kier molecular flexibility index (Phi) is 10.4. The van der Waals surface area contributed by atoms with Crippen LogP contribution in [0.5, 0.6) is 0 Å². The third-order valence-electron chi connectivity index (χ3n) is 6.61. The number of alkyl halides is 3. The minimum absolute atomic E-state index is 0.0239.